The minimum atomic E-state index is -2.50. The topological polar surface area (TPSA) is 47.6 Å². The van der Waals surface area contributed by atoms with Gasteiger partial charge in [-0.05, 0) is 51.6 Å². The predicted octanol–water partition coefficient (Wildman–Crippen LogP) is 5.51. The number of rotatable bonds is 8. The highest BCUT2D eigenvalue weighted by atomic mass is 28.4. The summed E-state index contributed by atoms with van der Waals surface area (Å²) in [6.45, 7) is 8.06. The first-order valence-electron chi connectivity index (χ1n) is 13.1. The molecule has 0 bridgehead atoms. The van der Waals surface area contributed by atoms with E-state index in [9.17, 15) is 4.79 Å². The van der Waals surface area contributed by atoms with E-state index in [0.717, 1.165) is 25.0 Å². The summed E-state index contributed by atoms with van der Waals surface area (Å²) < 4.78 is 12.6. The Balaban J connectivity index is 1.20. The molecule has 0 radical (unpaired) electrons. The first kappa shape index (κ1) is 24.8. The van der Waals surface area contributed by atoms with Gasteiger partial charge in [-0.2, -0.15) is 0 Å². The molecule has 0 saturated heterocycles. The zero-order chi connectivity index (χ0) is 25.2. The van der Waals surface area contributed by atoms with Crippen molar-refractivity contribution in [2.75, 3.05) is 6.61 Å². The molecule has 5 heteroatoms. The number of hydrogen-bond donors (Lipinski definition) is 1. The lowest BCUT2D eigenvalue weighted by atomic mass is 10.0. The van der Waals surface area contributed by atoms with Crippen LogP contribution in [0.15, 0.2) is 91.0 Å². The third kappa shape index (κ3) is 5.00. The Morgan fingerprint density at radius 3 is 1.83 bits per heavy atom. The Hall–Kier alpha value is -2.89. The Kier molecular flexibility index (Phi) is 7.04. The van der Waals surface area contributed by atoms with Gasteiger partial charge in [-0.3, -0.25) is 0 Å². The number of carbonyl (C=O) groups is 1. The Morgan fingerprint density at radius 1 is 0.833 bits per heavy atom. The van der Waals surface area contributed by atoms with Crippen LogP contribution in [0.2, 0.25) is 5.04 Å². The summed E-state index contributed by atoms with van der Waals surface area (Å²) in [4.78, 5) is 12.3. The molecule has 3 aromatic carbocycles. The van der Waals surface area contributed by atoms with Crippen molar-refractivity contribution in [1.82, 2.24) is 5.32 Å². The van der Waals surface area contributed by atoms with Crippen molar-refractivity contribution in [3.63, 3.8) is 0 Å². The summed E-state index contributed by atoms with van der Waals surface area (Å²) in [7, 11) is -2.50. The molecule has 0 heterocycles. The fourth-order valence-corrected chi connectivity index (χ4v) is 10.9. The van der Waals surface area contributed by atoms with E-state index < -0.39 is 8.32 Å². The third-order valence-corrected chi connectivity index (χ3v) is 13.0. The molecule has 36 heavy (non-hydrogen) atoms. The molecule has 2 aliphatic rings. The summed E-state index contributed by atoms with van der Waals surface area (Å²) in [6.07, 6.45) is 1.90. The van der Waals surface area contributed by atoms with Crippen molar-refractivity contribution in [2.45, 2.75) is 51.3 Å². The number of nitrogens with one attached hydrogen (secondary N) is 1. The second-order valence-electron chi connectivity index (χ2n) is 11.4. The monoisotopic (exact) mass is 499 g/mol. The van der Waals surface area contributed by atoms with Gasteiger partial charge in [0.2, 0.25) is 0 Å². The van der Waals surface area contributed by atoms with E-state index in [1.165, 1.54) is 10.4 Å². The van der Waals surface area contributed by atoms with Gasteiger partial charge in [0.25, 0.3) is 8.32 Å². The van der Waals surface area contributed by atoms with Crippen molar-refractivity contribution in [2.24, 2.45) is 17.8 Å². The minimum absolute atomic E-state index is 0.0101. The standard InChI is InChI=1S/C31H37NO3Si/c1-31(2,3)36(25-15-9-5-10-16-25,26-17-11-6-12-18-26)35-22-24-19-27-28(20-24)29(27)32-30(33)34-21-23-13-7-4-8-14-23/h4-18,24,27-29H,19-22H2,1-3H3,(H,32,33). The second kappa shape index (κ2) is 10.2. The number of carbonyl (C=O) groups excluding carboxylic acids is 1. The van der Waals surface area contributed by atoms with E-state index in [2.05, 4.69) is 86.8 Å². The summed E-state index contributed by atoms with van der Waals surface area (Å²) in [5.41, 5.74) is 1.00. The highest BCUT2D eigenvalue weighted by molar-refractivity contribution is 6.99. The van der Waals surface area contributed by atoms with Crippen molar-refractivity contribution in [1.29, 1.82) is 0 Å². The van der Waals surface area contributed by atoms with Gasteiger partial charge < -0.3 is 14.5 Å². The Labute approximate surface area is 216 Å². The summed E-state index contributed by atoms with van der Waals surface area (Å²) >= 11 is 0. The molecule has 2 atom stereocenters. The number of fused-ring (bicyclic) bond motifs is 1. The lowest BCUT2D eigenvalue weighted by molar-refractivity contribution is 0.137. The summed E-state index contributed by atoms with van der Waals surface area (Å²) in [5.74, 6) is 1.61. The van der Waals surface area contributed by atoms with E-state index >= 15 is 0 Å². The summed E-state index contributed by atoms with van der Waals surface area (Å²) in [5, 5.41) is 5.74. The van der Waals surface area contributed by atoms with Crippen LogP contribution in [0.1, 0.15) is 39.2 Å². The van der Waals surface area contributed by atoms with Gasteiger partial charge in [0.05, 0.1) is 0 Å². The molecule has 0 aromatic heterocycles. The molecule has 2 saturated carbocycles. The van der Waals surface area contributed by atoms with Crippen LogP contribution in [0.5, 0.6) is 0 Å². The lowest BCUT2D eigenvalue weighted by Crippen LogP contribution is -2.66. The number of hydrogen-bond acceptors (Lipinski definition) is 3. The number of ether oxygens (including phenoxy) is 1. The van der Waals surface area contributed by atoms with Gasteiger partial charge in [-0.15, -0.1) is 0 Å². The van der Waals surface area contributed by atoms with E-state index in [1.54, 1.807) is 0 Å². The van der Waals surface area contributed by atoms with Crippen LogP contribution in [-0.4, -0.2) is 27.1 Å². The molecule has 3 aromatic rings. The molecule has 2 unspecified atom stereocenters. The van der Waals surface area contributed by atoms with E-state index in [4.69, 9.17) is 9.16 Å². The smallest absolute Gasteiger partial charge is 0.407 e. The van der Waals surface area contributed by atoms with Gasteiger partial charge in [0, 0.05) is 12.6 Å². The van der Waals surface area contributed by atoms with Gasteiger partial charge in [0.1, 0.15) is 6.61 Å². The Morgan fingerprint density at radius 2 is 1.33 bits per heavy atom. The van der Waals surface area contributed by atoms with Crippen molar-refractivity contribution in [3.05, 3.63) is 96.6 Å². The van der Waals surface area contributed by atoms with Crippen LogP contribution in [0, 0.1) is 17.8 Å². The highest BCUT2D eigenvalue weighted by Crippen LogP contribution is 2.55. The van der Waals surface area contributed by atoms with Gasteiger partial charge >= 0.3 is 6.09 Å². The van der Waals surface area contributed by atoms with Crippen molar-refractivity contribution < 1.29 is 14.0 Å². The zero-order valence-corrected chi connectivity index (χ0v) is 22.5. The maximum Gasteiger partial charge on any atom is 0.407 e. The molecule has 4 nitrogen and oxygen atoms in total. The first-order valence-corrected chi connectivity index (χ1v) is 15.0. The largest absolute Gasteiger partial charge is 0.445 e. The molecule has 2 fully saturated rings. The van der Waals surface area contributed by atoms with Gasteiger partial charge in [0.15, 0.2) is 0 Å². The maximum atomic E-state index is 12.3. The molecule has 1 N–H and O–H groups in total. The molecule has 1 amide bonds. The number of benzene rings is 3. The maximum absolute atomic E-state index is 12.3. The van der Waals surface area contributed by atoms with E-state index in [1.807, 2.05) is 30.3 Å². The van der Waals surface area contributed by atoms with Crippen LogP contribution >= 0.6 is 0 Å². The van der Waals surface area contributed by atoms with E-state index in [0.29, 0.717) is 24.4 Å². The van der Waals surface area contributed by atoms with Crippen LogP contribution in [0.3, 0.4) is 0 Å². The highest BCUT2D eigenvalue weighted by Gasteiger charge is 2.58. The van der Waals surface area contributed by atoms with E-state index in [-0.39, 0.29) is 17.2 Å². The van der Waals surface area contributed by atoms with Crippen LogP contribution in [0.25, 0.3) is 0 Å². The third-order valence-electron chi connectivity index (χ3n) is 7.99. The lowest BCUT2D eigenvalue weighted by Gasteiger charge is -2.43. The fourth-order valence-electron chi connectivity index (χ4n) is 6.21. The zero-order valence-electron chi connectivity index (χ0n) is 21.5. The molecular weight excluding hydrogens is 462 g/mol. The molecular formula is C31H37NO3Si. The average molecular weight is 500 g/mol. The predicted molar refractivity (Wildman–Crippen MR) is 147 cm³/mol. The molecule has 2 aliphatic carbocycles. The number of alkyl carbamates (subject to hydrolysis) is 1. The average Bonchev–Trinajstić information content (AvgIpc) is 3.31. The van der Waals surface area contributed by atoms with Gasteiger partial charge in [-0.25, -0.2) is 4.79 Å². The van der Waals surface area contributed by atoms with Crippen molar-refractivity contribution >= 4 is 24.8 Å². The second-order valence-corrected chi connectivity index (χ2v) is 15.7. The van der Waals surface area contributed by atoms with Crippen molar-refractivity contribution in [3.8, 4) is 0 Å². The Bertz CT molecular complexity index is 1100. The molecule has 5 rings (SSSR count). The molecule has 0 spiro atoms. The van der Waals surface area contributed by atoms with Crippen LogP contribution in [0.4, 0.5) is 4.79 Å². The van der Waals surface area contributed by atoms with Crippen LogP contribution < -0.4 is 15.7 Å². The number of amides is 1. The van der Waals surface area contributed by atoms with Gasteiger partial charge in [-0.1, -0.05) is 112 Å². The van der Waals surface area contributed by atoms with Crippen LogP contribution in [-0.2, 0) is 15.8 Å². The SMILES string of the molecule is CC(C)(C)[Si](OCC1CC2C(C1)C2NC(=O)OCc1ccccc1)(c1ccccc1)c1ccccc1. The summed E-state index contributed by atoms with van der Waals surface area (Å²) in [6, 6.07) is 31.7. The first-order chi connectivity index (χ1) is 17.4. The minimum Gasteiger partial charge on any atom is -0.445 e. The molecule has 188 valence electrons. The quantitative estimate of drug-likeness (QED) is 0.416. The fraction of sp³-hybridized carbons (Fsp3) is 0.387. The normalized spacial score (nSPS) is 23.1. The molecule has 0 aliphatic heterocycles.